The molecule has 1 aromatic rings. The van der Waals surface area contributed by atoms with Crippen molar-refractivity contribution < 1.29 is 14.3 Å². The highest BCUT2D eigenvalue weighted by molar-refractivity contribution is 5.89. The zero-order chi connectivity index (χ0) is 17.4. The molecule has 0 radical (unpaired) electrons. The van der Waals surface area contributed by atoms with Gasteiger partial charge in [0.25, 0.3) is 0 Å². The van der Waals surface area contributed by atoms with Crippen LogP contribution in [-0.4, -0.2) is 53.9 Å². The van der Waals surface area contributed by atoms with E-state index in [0.717, 1.165) is 31.5 Å². The molecular weight excluding hydrogens is 318 g/mol. The van der Waals surface area contributed by atoms with E-state index in [-0.39, 0.29) is 6.09 Å². The molecule has 0 saturated carbocycles. The van der Waals surface area contributed by atoms with E-state index in [1.54, 1.807) is 4.90 Å². The largest absolute Gasteiger partial charge is 0.440 e. The molecule has 1 atom stereocenters. The Hall–Kier alpha value is -1.66. The highest BCUT2D eigenvalue weighted by Gasteiger charge is 2.47. The van der Waals surface area contributed by atoms with E-state index in [0.29, 0.717) is 37.7 Å². The third-order valence-electron chi connectivity index (χ3n) is 5.71. The summed E-state index contributed by atoms with van der Waals surface area (Å²) in [6.07, 6.45) is 3.57. The van der Waals surface area contributed by atoms with Crippen molar-refractivity contribution in [1.29, 1.82) is 0 Å². The summed E-state index contributed by atoms with van der Waals surface area (Å²) in [6.45, 7) is 7.46. The Balaban J connectivity index is 1.56. The van der Waals surface area contributed by atoms with Gasteiger partial charge < -0.3 is 9.47 Å². The highest BCUT2D eigenvalue weighted by Crippen LogP contribution is 2.36. The number of likely N-dealkylation sites (tertiary alicyclic amines) is 1. The second kappa shape index (κ2) is 6.57. The van der Waals surface area contributed by atoms with Gasteiger partial charge in [-0.2, -0.15) is 0 Å². The van der Waals surface area contributed by atoms with E-state index >= 15 is 0 Å². The molecule has 3 aliphatic rings. The predicted octanol–water partition coefficient (Wildman–Crippen LogP) is 3.13. The molecule has 0 N–H and O–H groups in total. The molecule has 25 heavy (non-hydrogen) atoms. The van der Waals surface area contributed by atoms with Crippen molar-refractivity contribution in [1.82, 2.24) is 9.88 Å². The van der Waals surface area contributed by atoms with Gasteiger partial charge in [-0.1, -0.05) is 6.07 Å². The van der Waals surface area contributed by atoms with Gasteiger partial charge in [0.15, 0.2) is 0 Å². The first-order valence-electron chi connectivity index (χ1n) is 9.39. The molecule has 6 nitrogen and oxygen atoms in total. The molecule has 3 saturated heterocycles. The van der Waals surface area contributed by atoms with Crippen LogP contribution in [0, 0.1) is 0 Å². The van der Waals surface area contributed by atoms with Crippen LogP contribution >= 0.6 is 0 Å². The molecule has 4 heterocycles. The molecule has 3 fully saturated rings. The molecule has 136 valence electrons. The SMILES string of the molecule is CC(C)N1CCC[C@@H]1c1cccc(N2CC3(CCOCC3)OC2=O)n1. The minimum absolute atomic E-state index is 0.279. The number of hydrogen-bond acceptors (Lipinski definition) is 5. The van der Waals surface area contributed by atoms with Crippen LogP contribution in [0.4, 0.5) is 10.6 Å². The number of pyridine rings is 1. The Labute approximate surface area is 149 Å². The average Bonchev–Trinajstić information content (AvgIpc) is 3.21. The summed E-state index contributed by atoms with van der Waals surface area (Å²) in [7, 11) is 0. The van der Waals surface area contributed by atoms with Gasteiger partial charge in [0, 0.05) is 18.9 Å². The fourth-order valence-electron chi connectivity index (χ4n) is 4.30. The maximum Gasteiger partial charge on any atom is 0.416 e. The third-order valence-corrected chi connectivity index (χ3v) is 5.71. The fourth-order valence-corrected chi connectivity index (χ4v) is 4.30. The van der Waals surface area contributed by atoms with Crippen LogP contribution in [0.5, 0.6) is 0 Å². The molecule has 4 rings (SSSR count). The molecule has 0 aromatic carbocycles. The second-order valence-corrected chi connectivity index (χ2v) is 7.66. The lowest BCUT2D eigenvalue weighted by molar-refractivity contribution is -0.0431. The zero-order valence-electron chi connectivity index (χ0n) is 15.1. The normalized spacial score (nSPS) is 26.6. The number of hydrogen-bond donors (Lipinski definition) is 0. The first-order valence-corrected chi connectivity index (χ1v) is 9.39. The molecule has 1 spiro atoms. The maximum absolute atomic E-state index is 12.5. The van der Waals surface area contributed by atoms with E-state index in [4.69, 9.17) is 14.5 Å². The van der Waals surface area contributed by atoms with Crippen molar-refractivity contribution >= 4 is 11.9 Å². The van der Waals surface area contributed by atoms with Gasteiger partial charge >= 0.3 is 6.09 Å². The van der Waals surface area contributed by atoms with Gasteiger partial charge in [-0.3, -0.25) is 9.80 Å². The number of rotatable bonds is 3. The van der Waals surface area contributed by atoms with Crippen LogP contribution in [0.25, 0.3) is 0 Å². The molecule has 1 aromatic heterocycles. The van der Waals surface area contributed by atoms with E-state index in [2.05, 4.69) is 24.8 Å². The van der Waals surface area contributed by atoms with Gasteiger partial charge in [-0.25, -0.2) is 9.78 Å². The van der Waals surface area contributed by atoms with E-state index in [1.165, 1.54) is 6.42 Å². The molecular formula is C19H27N3O3. The van der Waals surface area contributed by atoms with E-state index in [9.17, 15) is 4.79 Å². The quantitative estimate of drug-likeness (QED) is 0.842. The standard InChI is InChI=1S/C19H27N3O3/c1-14(2)21-10-4-6-16(21)15-5-3-7-17(20-15)22-13-19(25-18(22)23)8-11-24-12-9-19/h3,5,7,14,16H,4,6,8-13H2,1-2H3/t16-/m1/s1. The minimum Gasteiger partial charge on any atom is -0.440 e. The van der Waals surface area contributed by atoms with E-state index in [1.807, 2.05) is 12.1 Å². The van der Waals surface area contributed by atoms with Crippen molar-refractivity contribution in [3.63, 3.8) is 0 Å². The topological polar surface area (TPSA) is 54.9 Å². The summed E-state index contributed by atoms with van der Waals surface area (Å²) >= 11 is 0. The molecule has 1 amide bonds. The highest BCUT2D eigenvalue weighted by atomic mass is 16.6. The Morgan fingerprint density at radius 2 is 2.08 bits per heavy atom. The second-order valence-electron chi connectivity index (χ2n) is 7.66. The van der Waals surface area contributed by atoms with Crippen LogP contribution in [0.1, 0.15) is 51.3 Å². The van der Waals surface area contributed by atoms with Crippen molar-refractivity contribution in [2.75, 3.05) is 31.2 Å². The van der Waals surface area contributed by atoms with Gasteiger partial charge in [0.1, 0.15) is 11.4 Å². The van der Waals surface area contributed by atoms with Gasteiger partial charge in [0.2, 0.25) is 0 Å². The third kappa shape index (κ3) is 3.13. The number of amides is 1. The Morgan fingerprint density at radius 1 is 1.28 bits per heavy atom. The minimum atomic E-state index is -0.398. The average molecular weight is 345 g/mol. The van der Waals surface area contributed by atoms with Gasteiger partial charge in [-0.15, -0.1) is 0 Å². The summed E-state index contributed by atoms with van der Waals surface area (Å²) in [5, 5.41) is 0. The van der Waals surface area contributed by atoms with Crippen molar-refractivity contribution in [2.24, 2.45) is 0 Å². The summed E-state index contributed by atoms with van der Waals surface area (Å²) in [5.41, 5.74) is 0.661. The number of carbonyl (C=O) groups excluding carboxylic acids is 1. The summed E-state index contributed by atoms with van der Waals surface area (Å²) in [4.78, 5) is 21.5. The monoisotopic (exact) mass is 345 g/mol. The first kappa shape index (κ1) is 16.8. The number of anilines is 1. The zero-order valence-corrected chi connectivity index (χ0v) is 15.1. The number of carbonyl (C=O) groups is 1. The first-order chi connectivity index (χ1) is 12.1. The van der Waals surface area contributed by atoms with Gasteiger partial charge in [0.05, 0.1) is 31.5 Å². The molecule has 3 aliphatic heterocycles. The molecule has 0 aliphatic carbocycles. The van der Waals surface area contributed by atoms with Gasteiger partial charge in [-0.05, 0) is 45.4 Å². The maximum atomic E-state index is 12.5. The van der Waals surface area contributed by atoms with Crippen LogP contribution in [0.3, 0.4) is 0 Å². The van der Waals surface area contributed by atoms with Crippen LogP contribution < -0.4 is 4.90 Å². The Kier molecular flexibility index (Phi) is 4.41. The summed E-state index contributed by atoms with van der Waals surface area (Å²) < 4.78 is 11.2. The van der Waals surface area contributed by atoms with Crippen LogP contribution in [0.15, 0.2) is 18.2 Å². The lowest BCUT2D eigenvalue weighted by atomic mass is 9.94. The summed E-state index contributed by atoms with van der Waals surface area (Å²) in [6, 6.07) is 6.85. The van der Waals surface area contributed by atoms with E-state index < -0.39 is 5.60 Å². The lowest BCUT2D eigenvalue weighted by Crippen LogP contribution is -2.40. The van der Waals surface area contributed by atoms with Crippen molar-refractivity contribution in [2.45, 2.75) is 57.2 Å². The Bertz CT molecular complexity index is 643. The smallest absolute Gasteiger partial charge is 0.416 e. The van der Waals surface area contributed by atoms with Crippen molar-refractivity contribution in [3.05, 3.63) is 23.9 Å². The Morgan fingerprint density at radius 3 is 2.84 bits per heavy atom. The number of nitrogens with zero attached hydrogens (tertiary/aromatic N) is 3. The summed E-state index contributed by atoms with van der Waals surface area (Å²) in [5.74, 6) is 0.710. The lowest BCUT2D eigenvalue weighted by Gasteiger charge is -2.30. The number of aromatic nitrogens is 1. The van der Waals surface area contributed by atoms with Crippen LogP contribution in [0.2, 0.25) is 0 Å². The number of ether oxygens (including phenoxy) is 2. The molecule has 0 unspecified atom stereocenters. The molecule has 6 heteroatoms. The predicted molar refractivity (Wildman–Crippen MR) is 94.7 cm³/mol. The van der Waals surface area contributed by atoms with Crippen LogP contribution in [-0.2, 0) is 9.47 Å². The van der Waals surface area contributed by atoms with Crippen molar-refractivity contribution in [3.8, 4) is 0 Å². The molecule has 0 bridgehead atoms. The fraction of sp³-hybridized carbons (Fsp3) is 0.684.